The maximum absolute atomic E-state index is 11.7. The van der Waals surface area contributed by atoms with Crippen LogP contribution in [0, 0.1) is 0 Å². The fourth-order valence-corrected chi connectivity index (χ4v) is 1.61. The van der Waals surface area contributed by atoms with Crippen LogP contribution < -0.4 is 4.74 Å². The number of rotatable bonds is 4. The van der Waals surface area contributed by atoms with Gasteiger partial charge in [0.05, 0.1) is 34.0 Å². The Morgan fingerprint density at radius 3 is 1.45 bits per heavy atom. The van der Waals surface area contributed by atoms with Gasteiger partial charge < -0.3 is 18.9 Å². The molecule has 108 valence electrons. The van der Waals surface area contributed by atoms with Gasteiger partial charge in [0, 0.05) is 0 Å². The van der Waals surface area contributed by atoms with Crippen LogP contribution in [0.1, 0.15) is 31.1 Å². The molecule has 0 heterocycles. The van der Waals surface area contributed by atoms with Crippen LogP contribution >= 0.6 is 0 Å². The Kier molecular flexibility index (Phi) is 5.08. The van der Waals surface area contributed by atoms with Gasteiger partial charge in [-0.15, -0.1) is 0 Å². The van der Waals surface area contributed by atoms with E-state index < -0.39 is 17.9 Å². The molecule has 0 unspecified atom stereocenters. The molecular formula is C13H14O7. The van der Waals surface area contributed by atoms with Gasteiger partial charge in [-0.3, -0.25) is 0 Å². The Labute approximate surface area is 115 Å². The summed E-state index contributed by atoms with van der Waals surface area (Å²) >= 11 is 0. The van der Waals surface area contributed by atoms with E-state index >= 15 is 0 Å². The van der Waals surface area contributed by atoms with E-state index in [-0.39, 0.29) is 22.4 Å². The quantitative estimate of drug-likeness (QED) is 0.602. The first-order chi connectivity index (χ1) is 9.49. The standard InChI is InChI=1S/C13H14O7/c1-17-10-8(12(15)19-3)5-7(11(14)18-2)6-9(10)13(16)20-4/h5-6H,1-4H3. The van der Waals surface area contributed by atoms with Gasteiger partial charge in [-0.05, 0) is 12.1 Å². The molecule has 0 saturated heterocycles. The van der Waals surface area contributed by atoms with Crippen molar-refractivity contribution in [3.05, 3.63) is 28.8 Å². The van der Waals surface area contributed by atoms with Gasteiger partial charge in [0.1, 0.15) is 16.9 Å². The Hall–Kier alpha value is -2.57. The maximum atomic E-state index is 11.7. The molecule has 0 radical (unpaired) electrons. The molecular weight excluding hydrogens is 268 g/mol. The summed E-state index contributed by atoms with van der Waals surface area (Å²) in [6.45, 7) is 0. The summed E-state index contributed by atoms with van der Waals surface area (Å²) in [5, 5.41) is 0. The minimum Gasteiger partial charge on any atom is -0.495 e. The van der Waals surface area contributed by atoms with Crippen molar-refractivity contribution in [2.45, 2.75) is 0 Å². The van der Waals surface area contributed by atoms with Crippen molar-refractivity contribution in [2.75, 3.05) is 28.4 Å². The van der Waals surface area contributed by atoms with Crippen LogP contribution in [0.3, 0.4) is 0 Å². The lowest BCUT2D eigenvalue weighted by Gasteiger charge is -2.12. The third-order valence-corrected chi connectivity index (χ3v) is 2.52. The Balaban J connectivity index is 3.59. The third kappa shape index (κ3) is 2.87. The van der Waals surface area contributed by atoms with Gasteiger partial charge >= 0.3 is 17.9 Å². The number of hydrogen-bond acceptors (Lipinski definition) is 7. The number of carbonyl (C=O) groups is 3. The van der Waals surface area contributed by atoms with Crippen LogP contribution in [-0.4, -0.2) is 46.3 Å². The molecule has 0 N–H and O–H groups in total. The molecule has 1 aromatic rings. The second kappa shape index (κ2) is 6.55. The summed E-state index contributed by atoms with van der Waals surface area (Å²) in [5.41, 5.74) is -0.134. The van der Waals surface area contributed by atoms with E-state index in [1.54, 1.807) is 0 Å². The van der Waals surface area contributed by atoms with E-state index in [0.29, 0.717) is 0 Å². The van der Waals surface area contributed by atoms with Crippen molar-refractivity contribution in [1.82, 2.24) is 0 Å². The first-order valence-corrected chi connectivity index (χ1v) is 5.47. The summed E-state index contributed by atoms with van der Waals surface area (Å²) in [5.74, 6) is -2.24. The van der Waals surface area contributed by atoms with Crippen LogP contribution in [0.5, 0.6) is 5.75 Å². The van der Waals surface area contributed by atoms with Crippen LogP contribution in [0.15, 0.2) is 12.1 Å². The third-order valence-electron chi connectivity index (χ3n) is 2.52. The van der Waals surface area contributed by atoms with Gasteiger partial charge in [-0.2, -0.15) is 0 Å². The van der Waals surface area contributed by atoms with Crippen LogP contribution in [-0.2, 0) is 14.2 Å². The van der Waals surface area contributed by atoms with Gasteiger partial charge in [-0.25, -0.2) is 14.4 Å². The highest BCUT2D eigenvalue weighted by Crippen LogP contribution is 2.27. The zero-order chi connectivity index (χ0) is 15.3. The van der Waals surface area contributed by atoms with Crippen LogP contribution in [0.2, 0.25) is 0 Å². The van der Waals surface area contributed by atoms with Gasteiger partial charge in [0.15, 0.2) is 0 Å². The molecule has 0 aromatic heterocycles. The summed E-state index contributed by atoms with van der Waals surface area (Å²) in [6.07, 6.45) is 0. The van der Waals surface area contributed by atoms with Crippen molar-refractivity contribution in [1.29, 1.82) is 0 Å². The second-order valence-electron chi connectivity index (χ2n) is 3.58. The first kappa shape index (κ1) is 15.5. The van der Waals surface area contributed by atoms with Gasteiger partial charge in [0.2, 0.25) is 0 Å². The Bertz CT molecular complexity index is 511. The van der Waals surface area contributed by atoms with Crippen LogP contribution in [0.4, 0.5) is 0 Å². The number of methoxy groups -OCH3 is 4. The van der Waals surface area contributed by atoms with Crippen molar-refractivity contribution in [3.63, 3.8) is 0 Å². The molecule has 0 fully saturated rings. The lowest BCUT2D eigenvalue weighted by Crippen LogP contribution is -2.13. The SMILES string of the molecule is COC(=O)c1cc(C(=O)OC)c(OC)c(C(=O)OC)c1. The molecule has 0 aliphatic rings. The smallest absolute Gasteiger partial charge is 0.341 e. The summed E-state index contributed by atoms with van der Waals surface area (Å²) < 4.78 is 18.8. The second-order valence-corrected chi connectivity index (χ2v) is 3.58. The normalized spacial score (nSPS) is 9.60. The number of ether oxygens (including phenoxy) is 4. The number of carbonyl (C=O) groups excluding carboxylic acids is 3. The molecule has 7 nitrogen and oxygen atoms in total. The number of esters is 3. The van der Waals surface area contributed by atoms with Crippen molar-refractivity contribution < 1.29 is 33.3 Å². The van der Waals surface area contributed by atoms with Gasteiger partial charge in [0.25, 0.3) is 0 Å². The predicted molar refractivity (Wildman–Crippen MR) is 67.0 cm³/mol. The highest BCUT2D eigenvalue weighted by Gasteiger charge is 2.25. The molecule has 0 saturated carbocycles. The lowest BCUT2D eigenvalue weighted by atomic mass is 10.0. The molecule has 0 bridgehead atoms. The molecule has 1 aromatic carbocycles. The molecule has 20 heavy (non-hydrogen) atoms. The average Bonchev–Trinajstić information content (AvgIpc) is 2.50. The summed E-state index contributed by atoms with van der Waals surface area (Å²) in [4.78, 5) is 35.0. The van der Waals surface area contributed by atoms with Crippen molar-refractivity contribution in [3.8, 4) is 5.75 Å². The number of hydrogen-bond donors (Lipinski definition) is 0. The zero-order valence-corrected chi connectivity index (χ0v) is 11.5. The minimum absolute atomic E-state index is 0.00843. The van der Waals surface area contributed by atoms with E-state index in [1.165, 1.54) is 40.6 Å². The summed E-state index contributed by atoms with van der Waals surface area (Å²) in [7, 11) is 4.81. The van der Waals surface area contributed by atoms with E-state index in [9.17, 15) is 14.4 Å². The molecule has 0 atom stereocenters. The Morgan fingerprint density at radius 2 is 1.15 bits per heavy atom. The average molecular weight is 282 g/mol. The molecule has 0 amide bonds. The molecule has 0 aliphatic heterocycles. The number of benzene rings is 1. The first-order valence-electron chi connectivity index (χ1n) is 5.47. The molecule has 0 aliphatic carbocycles. The molecule has 0 spiro atoms. The molecule has 1 rings (SSSR count). The largest absolute Gasteiger partial charge is 0.495 e. The Morgan fingerprint density at radius 1 is 0.750 bits per heavy atom. The van der Waals surface area contributed by atoms with E-state index in [0.717, 1.165) is 0 Å². The van der Waals surface area contributed by atoms with E-state index in [1.807, 2.05) is 0 Å². The fraction of sp³-hybridized carbons (Fsp3) is 0.308. The topological polar surface area (TPSA) is 88.1 Å². The zero-order valence-electron chi connectivity index (χ0n) is 11.5. The monoisotopic (exact) mass is 282 g/mol. The van der Waals surface area contributed by atoms with Gasteiger partial charge in [-0.1, -0.05) is 0 Å². The fourth-order valence-electron chi connectivity index (χ4n) is 1.61. The highest BCUT2D eigenvalue weighted by molar-refractivity contribution is 6.04. The molecule has 7 heteroatoms. The van der Waals surface area contributed by atoms with E-state index in [4.69, 9.17) is 4.74 Å². The lowest BCUT2D eigenvalue weighted by molar-refractivity contribution is 0.0591. The van der Waals surface area contributed by atoms with E-state index in [2.05, 4.69) is 14.2 Å². The van der Waals surface area contributed by atoms with Crippen LogP contribution in [0.25, 0.3) is 0 Å². The predicted octanol–water partition coefficient (Wildman–Crippen LogP) is 1.05. The van der Waals surface area contributed by atoms with Crippen molar-refractivity contribution >= 4 is 17.9 Å². The minimum atomic E-state index is -0.752. The van der Waals surface area contributed by atoms with Crippen molar-refractivity contribution in [2.24, 2.45) is 0 Å². The summed E-state index contributed by atoms with van der Waals surface area (Å²) in [6, 6.07) is 2.45. The maximum Gasteiger partial charge on any atom is 0.341 e. The highest BCUT2D eigenvalue weighted by atomic mass is 16.5.